The molecule has 1 heterocycles. The highest BCUT2D eigenvalue weighted by molar-refractivity contribution is 5.94. The molecule has 5 heteroatoms. The maximum absolute atomic E-state index is 11.3. The first-order chi connectivity index (χ1) is 9.18. The molecule has 0 saturated carbocycles. The molecule has 3 N–H and O–H groups in total. The molecule has 0 aliphatic heterocycles. The molecule has 1 aromatic carbocycles. The highest BCUT2D eigenvalue weighted by atomic mass is 16.1. The second-order valence-electron chi connectivity index (χ2n) is 4.39. The van der Waals surface area contributed by atoms with Crippen molar-refractivity contribution in [2.75, 3.05) is 6.54 Å². The van der Waals surface area contributed by atoms with E-state index in [1.165, 1.54) is 5.69 Å². The number of hydrogen-bond acceptors (Lipinski definition) is 3. The van der Waals surface area contributed by atoms with Crippen molar-refractivity contribution in [1.29, 1.82) is 0 Å². The van der Waals surface area contributed by atoms with E-state index in [-0.39, 0.29) is 5.91 Å². The van der Waals surface area contributed by atoms with E-state index in [1.807, 2.05) is 36.0 Å². The molecule has 0 radical (unpaired) electrons. The first kappa shape index (κ1) is 13.3. The fourth-order valence-electron chi connectivity index (χ4n) is 2.00. The van der Waals surface area contributed by atoms with Gasteiger partial charge in [0.1, 0.15) is 0 Å². The number of rotatable bonds is 6. The molecule has 2 rings (SSSR count). The molecule has 1 aromatic heterocycles. The van der Waals surface area contributed by atoms with Crippen LogP contribution in [0.1, 0.15) is 21.6 Å². The summed E-state index contributed by atoms with van der Waals surface area (Å²) < 4.78 is 1.86. The van der Waals surface area contributed by atoms with E-state index in [2.05, 4.69) is 10.4 Å². The van der Waals surface area contributed by atoms with E-state index in [9.17, 15) is 4.79 Å². The van der Waals surface area contributed by atoms with Gasteiger partial charge in [0.25, 0.3) is 0 Å². The number of primary amides is 1. The molecule has 0 aliphatic rings. The van der Waals surface area contributed by atoms with Gasteiger partial charge in [0.2, 0.25) is 5.91 Å². The number of nitrogens with one attached hydrogen (secondary N) is 1. The molecule has 2 aromatic rings. The number of nitrogens with zero attached hydrogens (tertiary/aromatic N) is 2. The lowest BCUT2D eigenvalue weighted by Crippen LogP contribution is -2.21. The molecular formula is C14H18N4O. The third-order valence-electron chi connectivity index (χ3n) is 3.08. The lowest BCUT2D eigenvalue weighted by atomic mass is 10.1. The van der Waals surface area contributed by atoms with Gasteiger partial charge in [-0.15, -0.1) is 0 Å². The summed E-state index contributed by atoms with van der Waals surface area (Å²) in [6.07, 6.45) is 2.69. The van der Waals surface area contributed by atoms with Crippen LogP contribution in [0.15, 0.2) is 36.5 Å². The van der Waals surface area contributed by atoms with E-state index in [4.69, 9.17) is 5.73 Å². The molecule has 0 aliphatic carbocycles. The quantitative estimate of drug-likeness (QED) is 0.754. The van der Waals surface area contributed by atoms with Gasteiger partial charge >= 0.3 is 0 Å². The Kier molecular flexibility index (Phi) is 4.30. The van der Waals surface area contributed by atoms with Crippen molar-refractivity contribution in [3.05, 3.63) is 53.3 Å². The smallest absolute Gasteiger partial charge is 0.249 e. The highest BCUT2D eigenvalue weighted by Gasteiger charge is 2.06. The van der Waals surface area contributed by atoms with Crippen molar-refractivity contribution in [3.8, 4) is 0 Å². The summed E-state index contributed by atoms with van der Waals surface area (Å²) in [5.74, 6) is -0.385. The van der Waals surface area contributed by atoms with Gasteiger partial charge in [-0.1, -0.05) is 18.2 Å². The molecule has 19 heavy (non-hydrogen) atoms. The van der Waals surface area contributed by atoms with E-state index in [0.717, 1.165) is 18.5 Å². The molecule has 0 bridgehead atoms. The van der Waals surface area contributed by atoms with Crippen molar-refractivity contribution in [1.82, 2.24) is 15.1 Å². The van der Waals surface area contributed by atoms with Gasteiger partial charge in [0.15, 0.2) is 0 Å². The maximum Gasteiger partial charge on any atom is 0.249 e. The molecule has 5 nitrogen and oxygen atoms in total. The minimum absolute atomic E-state index is 0.385. The zero-order valence-corrected chi connectivity index (χ0v) is 11.0. The first-order valence-electron chi connectivity index (χ1n) is 6.24. The average molecular weight is 258 g/mol. The minimum atomic E-state index is -0.385. The lowest BCUT2D eigenvalue weighted by molar-refractivity contribution is 0.0999. The van der Waals surface area contributed by atoms with Crippen LogP contribution in [-0.2, 0) is 20.0 Å². The number of benzene rings is 1. The van der Waals surface area contributed by atoms with Crippen molar-refractivity contribution in [2.24, 2.45) is 12.8 Å². The second kappa shape index (κ2) is 6.15. The van der Waals surface area contributed by atoms with Crippen LogP contribution >= 0.6 is 0 Å². The van der Waals surface area contributed by atoms with Gasteiger partial charge in [-0.2, -0.15) is 5.10 Å². The van der Waals surface area contributed by atoms with Gasteiger partial charge in [-0.05, 0) is 17.7 Å². The summed E-state index contributed by atoms with van der Waals surface area (Å²) in [5, 5.41) is 7.43. The Hall–Kier alpha value is -2.14. The van der Waals surface area contributed by atoms with E-state index < -0.39 is 0 Å². The van der Waals surface area contributed by atoms with Gasteiger partial charge in [-0.25, -0.2) is 0 Å². The fraction of sp³-hybridized carbons (Fsp3) is 0.286. The Morgan fingerprint density at radius 2 is 2.16 bits per heavy atom. The lowest BCUT2D eigenvalue weighted by Gasteiger charge is -2.08. The summed E-state index contributed by atoms with van der Waals surface area (Å²) in [6, 6.07) is 9.39. The van der Waals surface area contributed by atoms with Crippen LogP contribution in [0.2, 0.25) is 0 Å². The zero-order valence-electron chi connectivity index (χ0n) is 11.0. The van der Waals surface area contributed by atoms with Gasteiger partial charge in [0.05, 0.1) is 0 Å². The number of nitrogens with two attached hydrogens (primary N) is 1. The van der Waals surface area contributed by atoms with Crippen LogP contribution < -0.4 is 11.1 Å². The van der Waals surface area contributed by atoms with E-state index >= 15 is 0 Å². The normalized spacial score (nSPS) is 10.6. The summed E-state index contributed by atoms with van der Waals surface area (Å²) in [4.78, 5) is 11.3. The molecule has 0 fully saturated rings. The van der Waals surface area contributed by atoms with Crippen molar-refractivity contribution in [3.63, 3.8) is 0 Å². The predicted molar refractivity (Wildman–Crippen MR) is 73.6 cm³/mol. The number of amides is 1. The average Bonchev–Trinajstić information content (AvgIpc) is 2.80. The Morgan fingerprint density at radius 1 is 1.37 bits per heavy atom. The van der Waals surface area contributed by atoms with Crippen LogP contribution in [0.4, 0.5) is 0 Å². The third kappa shape index (κ3) is 3.42. The van der Waals surface area contributed by atoms with Gasteiger partial charge < -0.3 is 11.1 Å². The van der Waals surface area contributed by atoms with E-state index in [0.29, 0.717) is 12.1 Å². The standard InChI is InChI=1S/C14H18N4O/c1-18-12(7-9-17-18)6-8-16-10-11-4-2-3-5-13(11)14(15)19/h2-5,7,9,16H,6,8,10H2,1H3,(H2,15,19). The Labute approximate surface area is 112 Å². The minimum Gasteiger partial charge on any atom is -0.366 e. The van der Waals surface area contributed by atoms with Crippen molar-refractivity contribution < 1.29 is 4.79 Å². The number of carbonyl (C=O) groups excluding carboxylic acids is 1. The largest absolute Gasteiger partial charge is 0.366 e. The Balaban J connectivity index is 1.86. The monoisotopic (exact) mass is 258 g/mol. The first-order valence-corrected chi connectivity index (χ1v) is 6.24. The molecule has 0 unspecified atom stereocenters. The third-order valence-corrected chi connectivity index (χ3v) is 3.08. The molecule has 0 spiro atoms. The molecular weight excluding hydrogens is 240 g/mol. The van der Waals surface area contributed by atoms with Crippen LogP contribution in [0.5, 0.6) is 0 Å². The molecule has 100 valence electrons. The van der Waals surface area contributed by atoms with Crippen LogP contribution in [0.25, 0.3) is 0 Å². The van der Waals surface area contributed by atoms with Crippen molar-refractivity contribution in [2.45, 2.75) is 13.0 Å². The second-order valence-corrected chi connectivity index (χ2v) is 4.39. The highest BCUT2D eigenvalue weighted by Crippen LogP contribution is 2.07. The van der Waals surface area contributed by atoms with Crippen LogP contribution in [0, 0.1) is 0 Å². The molecule has 0 saturated heterocycles. The summed E-state index contributed by atoms with van der Waals surface area (Å²) in [7, 11) is 1.93. The summed E-state index contributed by atoms with van der Waals surface area (Å²) in [6.45, 7) is 1.46. The molecule has 0 atom stereocenters. The Morgan fingerprint density at radius 3 is 2.84 bits per heavy atom. The number of aromatic nitrogens is 2. The zero-order chi connectivity index (χ0) is 13.7. The summed E-state index contributed by atoms with van der Waals surface area (Å²) in [5.41, 5.74) is 8.02. The van der Waals surface area contributed by atoms with Gasteiger partial charge in [0, 0.05) is 44.0 Å². The number of carbonyl (C=O) groups is 1. The predicted octanol–water partition coefficient (Wildman–Crippen LogP) is 0.851. The SMILES string of the molecule is Cn1nccc1CCNCc1ccccc1C(N)=O. The number of hydrogen-bond donors (Lipinski definition) is 2. The van der Waals surface area contributed by atoms with Crippen molar-refractivity contribution >= 4 is 5.91 Å². The van der Waals surface area contributed by atoms with Crippen LogP contribution in [0.3, 0.4) is 0 Å². The van der Waals surface area contributed by atoms with Crippen LogP contribution in [-0.4, -0.2) is 22.2 Å². The summed E-state index contributed by atoms with van der Waals surface area (Å²) >= 11 is 0. The Bertz CT molecular complexity index is 562. The van der Waals surface area contributed by atoms with E-state index in [1.54, 1.807) is 12.3 Å². The fourth-order valence-corrected chi connectivity index (χ4v) is 2.00. The molecule has 1 amide bonds. The maximum atomic E-state index is 11.3. The number of aryl methyl sites for hydroxylation is 1. The van der Waals surface area contributed by atoms with Gasteiger partial charge in [-0.3, -0.25) is 9.48 Å². The topological polar surface area (TPSA) is 72.9 Å².